The van der Waals surface area contributed by atoms with E-state index in [1.54, 1.807) is 42.5 Å². The van der Waals surface area contributed by atoms with Gasteiger partial charge in [-0.2, -0.15) is 0 Å². The number of hydrogen-bond donors (Lipinski definition) is 3. The Morgan fingerprint density at radius 3 is 2.17 bits per heavy atom. The molecule has 0 atom stereocenters. The number of hydrogen-bond acceptors (Lipinski definition) is 2. The van der Waals surface area contributed by atoms with Crippen molar-refractivity contribution in [2.24, 2.45) is 0 Å². The maximum Gasteiger partial charge on any atom is 0.319 e. The molecular weight excluding hydrogens is 349 g/mol. The summed E-state index contributed by atoms with van der Waals surface area (Å²) in [5, 5.41) is 8.70. The molecule has 7 heteroatoms. The van der Waals surface area contributed by atoms with Gasteiger partial charge in [0.05, 0.1) is 10.0 Å². The van der Waals surface area contributed by atoms with Crippen molar-refractivity contribution in [3.63, 3.8) is 0 Å². The fraction of sp³-hybridized carbons (Fsp3) is 0.0588. The molecule has 0 heterocycles. The van der Waals surface area contributed by atoms with Crippen LogP contribution in [0.4, 0.5) is 16.2 Å². The van der Waals surface area contributed by atoms with Gasteiger partial charge in [-0.25, -0.2) is 4.79 Å². The van der Waals surface area contributed by atoms with Gasteiger partial charge in [-0.15, -0.1) is 6.58 Å². The summed E-state index contributed by atoms with van der Waals surface area (Å²) in [5.41, 5.74) is 1.59. The van der Waals surface area contributed by atoms with E-state index in [1.807, 2.05) is 0 Å². The zero-order valence-corrected chi connectivity index (χ0v) is 14.1. The first-order valence-corrected chi connectivity index (χ1v) is 7.77. The summed E-state index contributed by atoms with van der Waals surface area (Å²) in [5.74, 6) is -0.307. The van der Waals surface area contributed by atoms with E-state index in [0.29, 0.717) is 33.5 Å². The van der Waals surface area contributed by atoms with Gasteiger partial charge in [-0.1, -0.05) is 29.3 Å². The topological polar surface area (TPSA) is 70.2 Å². The van der Waals surface area contributed by atoms with Crippen molar-refractivity contribution in [3.8, 4) is 0 Å². The summed E-state index contributed by atoms with van der Waals surface area (Å²) in [6.07, 6.45) is 1.58. The van der Waals surface area contributed by atoms with Crippen molar-refractivity contribution in [2.45, 2.75) is 0 Å². The van der Waals surface area contributed by atoms with Gasteiger partial charge in [0, 0.05) is 23.5 Å². The summed E-state index contributed by atoms with van der Waals surface area (Å²) in [6, 6.07) is 11.0. The third-order valence-electron chi connectivity index (χ3n) is 2.99. The van der Waals surface area contributed by atoms with Crippen molar-refractivity contribution in [1.29, 1.82) is 0 Å². The Hall–Kier alpha value is -2.50. The van der Waals surface area contributed by atoms with Crippen molar-refractivity contribution < 1.29 is 9.59 Å². The highest BCUT2D eigenvalue weighted by Crippen LogP contribution is 2.23. The molecule has 5 nitrogen and oxygen atoms in total. The normalized spacial score (nSPS) is 9.92. The fourth-order valence-corrected chi connectivity index (χ4v) is 2.12. The van der Waals surface area contributed by atoms with Crippen LogP contribution in [0.25, 0.3) is 0 Å². The van der Waals surface area contributed by atoms with Crippen LogP contribution in [0.5, 0.6) is 0 Å². The molecule has 0 aliphatic carbocycles. The molecule has 0 fully saturated rings. The zero-order chi connectivity index (χ0) is 17.5. The molecule has 0 saturated carbocycles. The van der Waals surface area contributed by atoms with Crippen LogP contribution >= 0.6 is 23.2 Å². The third-order valence-corrected chi connectivity index (χ3v) is 3.73. The number of amides is 3. The lowest BCUT2D eigenvalue weighted by Gasteiger charge is -2.09. The van der Waals surface area contributed by atoms with Crippen molar-refractivity contribution in [2.75, 3.05) is 17.2 Å². The van der Waals surface area contributed by atoms with Crippen LogP contribution < -0.4 is 16.0 Å². The molecule has 0 aromatic heterocycles. The van der Waals surface area contributed by atoms with Gasteiger partial charge in [-0.05, 0) is 42.5 Å². The van der Waals surface area contributed by atoms with Gasteiger partial charge in [0.25, 0.3) is 5.91 Å². The average molecular weight is 364 g/mol. The smallest absolute Gasteiger partial charge is 0.319 e. The molecule has 3 N–H and O–H groups in total. The molecule has 2 aromatic rings. The molecule has 3 amide bonds. The van der Waals surface area contributed by atoms with Gasteiger partial charge in [0.1, 0.15) is 0 Å². The summed E-state index contributed by atoms with van der Waals surface area (Å²) in [6.45, 7) is 3.89. The molecule has 0 spiro atoms. The average Bonchev–Trinajstić information content (AvgIpc) is 2.57. The summed E-state index contributed by atoms with van der Waals surface area (Å²) < 4.78 is 0. The standard InChI is InChI=1S/C17H15Cl2N3O2/c1-2-9-20-17(24)22-13-6-4-12(5-7-13)21-16(23)11-3-8-14(18)15(19)10-11/h2-8,10H,1,9H2,(H,21,23)(H2,20,22,24). The van der Waals surface area contributed by atoms with Gasteiger partial charge in [-0.3, -0.25) is 4.79 Å². The SMILES string of the molecule is C=CCNC(=O)Nc1ccc(NC(=O)c2ccc(Cl)c(Cl)c2)cc1. The molecule has 0 unspecified atom stereocenters. The Bertz CT molecular complexity index is 761. The van der Waals surface area contributed by atoms with E-state index in [9.17, 15) is 9.59 Å². The molecule has 0 radical (unpaired) electrons. The molecule has 124 valence electrons. The highest BCUT2D eigenvalue weighted by molar-refractivity contribution is 6.42. The number of halogens is 2. The first kappa shape index (κ1) is 17.8. The van der Waals surface area contributed by atoms with Crippen LogP contribution in [0.2, 0.25) is 10.0 Å². The summed E-state index contributed by atoms with van der Waals surface area (Å²) in [4.78, 5) is 23.7. The lowest BCUT2D eigenvalue weighted by molar-refractivity contribution is 0.102. The first-order valence-electron chi connectivity index (χ1n) is 7.02. The fourth-order valence-electron chi connectivity index (χ4n) is 1.82. The molecule has 0 saturated heterocycles. The van der Waals surface area contributed by atoms with Gasteiger partial charge >= 0.3 is 6.03 Å². The van der Waals surface area contributed by atoms with Crippen LogP contribution in [0, 0.1) is 0 Å². The quantitative estimate of drug-likeness (QED) is 0.681. The third kappa shape index (κ3) is 5.01. The van der Waals surface area contributed by atoms with Crippen LogP contribution in [-0.2, 0) is 0 Å². The maximum absolute atomic E-state index is 12.2. The highest BCUT2D eigenvalue weighted by atomic mass is 35.5. The molecule has 0 aliphatic heterocycles. The number of rotatable bonds is 5. The van der Waals surface area contributed by atoms with Gasteiger partial charge < -0.3 is 16.0 Å². The predicted octanol–water partition coefficient (Wildman–Crippen LogP) is 4.55. The van der Waals surface area contributed by atoms with Crippen molar-refractivity contribution >= 4 is 46.5 Å². The maximum atomic E-state index is 12.2. The van der Waals surface area contributed by atoms with Crippen LogP contribution in [-0.4, -0.2) is 18.5 Å². The lowest BCUT2D eigenvalue weighted by Crippen LogP contribution is -2.28. The zero-order valence-electron chi connectivity index (χ0n) is 12.6. The second-order valence-corrected chi connectivity index (χ2v) is 5.60. The number of anilines is 2. The minimum Gasteiger partial charge on any atom is -0.334 e. The monoisotopic (exact) mass is 363 g/mol. The van der Waals surface area contributed by atoms with E-state index in [0.717, 1.165) is 0 Å². The van der Waals surface area contributed by atoms with Crippen LogP contribution in [0.15, 0.2) is 55.1 Å². The Morgan fingerprint density at radius 1 is 0.958 bits per heavy atom. The molecule has 0 aliphatic rings. The predicted molar refractivity (Wildman–Crippen MR) is 98.1 cm³/mol. The Kier molecular flexibility index (Phi) is 6.23. The molecule has 2 rings (SSSR count). The van der Waals surface area contributed by atoms with E-state index in [2.05, 4.69) is 22.5 Å². The number of carbonyl (C=O) groups excluding carboxylic acids is 2. The Labute approximate surface area is 149 Å². The second kappa shape index (κ2) is 8.38. The van der Waals surface area contributed by atoms with Crippen molar-refractivity contribution in [3.05, 3.63) is 70.7 Å². The van der Waals surface area contributed by atoms with Crippen molar-refractivity contribution in [1.82, 2.24) is 5.32 Å². The van der Waals surface area contributed by atoms with E-state index < -0.39 is 0 Å². The molecule has 0 bridgehead atoms. The minimum atomic E-state index is -0.331. The summed E-state index contributed by atoms with van der Waals surface area (Å²) >= 11 is 11.7. The molecule has 24 heavy (non-hydrogen) atoms. The number of carbonyl (C=O) groups is 2. The number of urea groups is 1. The first-order chi connectivity index (χ1) is 11.5. The van der Waals surface area contributed by atoms with Crippen LogP contribution in [0.1, 0.15) is 10.4 Å². The van der Waals surface area contributed by atoms with Crippen LogP contribution in [0.3, 0.4) is 0 Å². The van der Waals surface area contributed by atoms with Gasteiger partial charge in [0.2, 0.25) is 0 Å². The van der Waals surface area contributed by atoms with E-state index in [-0.39, 0.29) is 11.9 Å². The van der Waals surface area contributed by atoms with E-state index in [1.165, 1.54) is 6.07 Å². The Morgan fingerprint density at radius 2 is 1.58 bits per heavy atom. The Balaban J connectivity index is 1.98. The highest BCUT2D eigenvalue weighted by Gasteiger charge is 2.08. The lowest BCUT2D eigenvalue weighted by atomic mass is 10.2. The van der Waals surface area contributed by atoms with E-state index in [4.69, 9.17) is 23.2 Å². The summed E-state index contributed by atoms with van der Waals surface area (Å²) in [7, 11) is 0. The second-order valence-electron chi connectivity index (χ2n) is 4.78. The number of benzene rings is 2. The molecular formula is C17H15Cl2N3O2. The van der Waals surface area contributed by atoms with Gasteiger partial charge in [0.15, 0.2) is 0 Å². The molecule has 2 aromatic carbocycles. The largest absolute Gasteiger partial charge is 0.334 e. The number of nitrogens with one attached hydrogen (secondary N) is 3. The van der Waals surface area contributed by atoms with E-state index >= 15 is 0 Å². The minimum absolute atomic E-state index is 0.307.